The van der Waals surface area contributed by atoms with E-state index in [0.717, 1.165) is 4.90 Å². The van der Waals surface area contributed by atoms with Gasteiger partial charge in [-0.3, -0.25) is 4.90 Å². The van der Waals surface area contributed by atoms with Crippen LogP contribution in [0.5, 0.6) is 0 Å². The summed E-state index contributed by atoms with van der Waals surface area (Å²) in [6, 6.07) is 11.1. The summed E-state index contributed by atoms with van der Waals surface area (Å²) in [5.74, 6) is -3.79. The van der Waals surface area contributed by atoms with Crippen LogP contribution in [-0.4, -0.2) is 41.1 Å². The van der Waals surface area contributed by atoms with Crippen LogP contribution in [-0.2, 0) is 11.2 Å². The zero-order chi connectivity index (χ0) is 21.4. The normalized spacial score (nSPS) is 21.3. The fourth-order valence-electron chi connectivity index (χ4n) is 3.49. The molecule has 1 aliphatic heterocycles. The smallest absolute Gasteiger partial charge is 0.410 e. The fourth-order valence-corrected chi connectivity index (χ4v) is 3.49. The summed E-state index contributed by atoms with van der Waals surface area (Å²) >= 11 is 0. The van der Waals surface area contributed by atoms with E-state index in [1.165, 1.54) is 6.07 Å². The van der Waals surface area contributed by atoms with Gasteiger partial charge in [0.2, 0.25) is 0 Å². The molecule has 1 fully saturated rings. The van der Waals surface area contributed by atoms with E-state index in [2.05, 4.69) is 0 Å². The number of carbonyl (C=O) groups is 1. The number of likely N-dealkylation sites (tertiary alicyclic amines) is 1. The van der Waals surface area contributed by atoms with E-state index in [4.69, 9.17) is 10.5 Å². The van der Waals surface area contributed by atoms with E-state index in [1.54, 1.807) is 57.2 Å². The van der Waals surface area contributed by atoms with Crippen molar-refractivity contribution in [2.75, 3.05) is 6.54 Å². The van der Waals surface area contributed by atoms with Crippen molar-refractivity contribution in [2.45, 2.75) is 50.8 Å². The molecular weight excluding hydrogens is 381 g/mol. The Hall–Kier alpha value is -2.54. The molecule has 0 unspecified atom stereocenters. The van der Waals surface area contributed by atoms with E-state index >= 15 is 4.39 Å². The summed E-state index contributed by atoms with van der Waals surface area (Å²) in [5.41, 5.74) is 6.19. The third kappa shape index (κ3) is 4.56. The van der Waals surface area contributed by atoms with Gasteiger partial charge in [-0.05, 0) is 38.3 Å². The Bertz CT molecular complexity index is 881. The minimum absolute atomic E-state index is 0.136. The molecule has 4 nitrogen and oxygen atoms in total. The largest absolute Gasteiger partial charge is 0.444 e. The second kappa shape index (κ2) is 7.71. The van der Waals surface area contributed by atoms with E-state index in [0.29, 0.717) is 11.1 Å². The summed E-state index contributed by atoms with van der Waals surface area (Å²) in [5, 5.41) is 0. The van der Waals surface area contributed by atoms with Crippen molar-refractivity contribution < 1.29 is 22.7 Å². The number of amides is 1. The second-order valence-electron chi connectivity index (χ2n) is 8.31. The molecule has 1 saturated heterocycles. The molecule has 1 heterocycles. The average Bonchev–Trinajstić information content (AvgIpc) is 2.86. The topological polar surface area (TPSA) is 55.6 Å². The molecule has 2 N–H and O–H groups in total. The first-order valence-corrected chi connectivity index (χ1v) is 9.45. The highest BCUT2D eigenvalue weighted by atomic mass is 19.3. The van der Waals surface area contributed by atoms with Gasteiger partial charge in [0.05, 0.1) is 18.6 Å². The van der Waals surface area contributed by atoms with Crippen LogP contribution in [0.4, 0.5) is 18.0 Å². The Morgan fingerprint density at radius 3 is 2.45 bits per heavy atom. The van der Waals surface area contributed by atoms with Crippen molar-refractivity contribution in [1.29, 1.82) is 0 Å². The third-order valence-corrected chi connectivity index (χ3v) is 4.90. The Morgan fingerprint density at radius 2 is 1.83 bits per heavy atom. The molecule has 0 aromatic heterocycles. The molecular formula is C22H25F3N2O2. The highest BCUT2D eigenvalue weighted by Crippen LogP contribution is 2.35. The maximum Gasteiger partial charge on any atom is 0.410 e. The third-order valence-electron chi connectivity index (χ3n) is 4.90. The van der Waals surface area contributed by atoms with Crippen molar-refractivity contribution in [3.05, 3.63) is 59.9 Å². The minimum atomic E-state index is -3.28. The lowest BCUT2D eigenvalue weighted by Gasteiger charge is -2.29. The molecule has 1 amide bonds. The van der Waals surface area contributed by atoms with Gasteiger partial charge in [-0.1, -0.05) is 48.5 Å². The summed E-state index contributed by atoms with van der Waals surface area (Å²) in [7, 11) is 0. The van der Waals surface area contributed by atoms with Gasteiger partial charge >= 0.3 is 6.09 Å². The molecule has 3 rings (SSSR count). The highest BCUT2D eigenvalue weighted by molar-refractivity contribution is 5.70. The predicted octanol–water partition coefficient (Wildman–Crippen LogP) is 4.62. The molecule has 0 aliphatic carbocycles. The molecule has 1 aliphatic rings. The van der Waals surface area contributed by atoms with Gasteiger partial charge in [-0.15, -0.1) is 0 Å². The molecule has 0 bridgehead atoms. The molecule has 2 aromatic rings. The zero-order valence-corrected chi connectivity index (χ0v) is 16.7. The molecule has 0 radical (unpaired) electrons. The minimum Gasteiger partial charge on any atom is -0.444 e. The van der Waals surface area contributed by atoms with Crippen LogP contribution in [0.25, 0.3) is 11.1 Å². The van der Waals surface area contributed by atoms with Crippen LogP contribution >= 0.6 is 0 Å². The highest BCUT2D eigenvalue weighted by Gasteiger charge is 2.55. The van der Waals surface area contributed by atoms with Crippen LogP contribution in [0.3, 0.4) is 0 Å². The van der Waals surface area contributed by atoms with Gasteiger partial charge in [0.1, 0.15) is 11.4 Å². The SMILES string of the molecule is CC(C)(C)OC(=O)N1CC(F)(F)[C@H](N)[C@@H]1Cc1cccc(-c2ccccc2)c1F. The number of nitrogens with zero attached hydrogens (tertiary/aromatic N) is 1. The molecule has 29 heavy (non-hydrogen) atoms. The van der Waals surface area contributed by atoms with Crippen LogP contribution in [0.15, 0.2) is 48.5 Å². The monoisotopic (exact) mass is 406 g/mol. The van der Waals surface area contributed by atoms with Crippen LogP contribution in [0, 0.1) is 5.82 Å². The summed E-state index contributed by atoms with van der Waals surface area (Å²) < 4.78 is 49.0. The lowest BCUT2D eigenvalue weighted by atomic mass is 9.95. The van der Waals surface area contributed by atoms with Gasteiger partial charge in [0, 0.05) is 5.56 Å². The zero-order valence-electron chi connectivity index (χ0n) is 16.7. The Kier molecular flexibility index (Phi) is 5.63. The second-order valence-corrected chi connectivity index (χ2v) is 8.31. The number of carbonyl (C=O) groups excluding carboxylic acids is 1. The van der Waals surface area contributed by atoms with Gasteiger partial charge in [0.25, 0.3) is 5.92 Å². The van der Waals surface area contributed by atoms with Crippen LogP contribution in [0.1, 0.15) is 26.3 Å². The van der Waals surface area contributed by atoms with Gasteiger partial charge in [0.15, 0.2) is 0 Å². The number of nitrogens with two attached hydrogens (primary N) is 1. The molecule has 7 heteroatoms. The lowest BCUT2D eigenvalue weighted by Crippen LogP contribution is -2.48. The molecule has 156 valence electrons. The van der Waals surface area contributed by atoms with E-state index in [-0.39, 0.29) is 12.0 Å². The van der Waals surface area contributed by atoms with E-state index in [1.807, 2.05) is 6.07 Å². The standard InChI is InChI=1S/C22H25F3N2O2/c1-21(2,3)29-20(28)27-13-22(24,25)19(26)17(27)12-15-10-7-11-16(18(15)23)14-8-5-4-6-9-14/h4-11,17,19H,12-13,26H2,1-3H3/t17-,19+/m0/s1. The van der Waals surface area contributed by atoms with Crippen LogP contribution in [0.2, 0.25) is 0 Å². The van der Waals surface area contributed by atoms with E-state index in [9.17, 15) is 13.6 Å². The average molecular weight is 406 g/mol. The number of benzene rings is 2. The first kappa shape index (κ1) is 21.2. The number of hydrogen-bond acceptors (Lipinski definition) is 3. The molecule has 2 aromatic carbocycles. The van der Waals surface area contributed by atoms with Crippen molar-refractivity contribution in [3.8, 4) is 11.1 Å². The maximum atomic E-state index is 15.2. The number of rotatable bonds is 3. The number of alkyl halides is 2. The molecule has 0 spiro atoms. The van der Waals surface area contributed by atoms with Crippen molar-refractivity contribution in [2.24, 2.45) is 5.73 Å². The van der Waals surface area contributed by atoms with Crippen molar-refractivity contribution in [3.63, 3.8) is 0 Å². The van der Waals surface area contributed by atoms with Gasteiger partial charge in [-0.2, -0.15) is 0 Å². The summed E-state index contributed by atoms with van der Waals surface area (Å²) in [6.45, 7) is 4.10. The Balaban J connectivity index is 1.91. The molecule has 0 saturated carbocycles. The number of halogens is 3. The number of ether oxygens (including phenoxy) is 1. The Labute approximate surface area is 168 Å². The fraction of sp³-hybridized carbons (Fsp3) is 0.409. The quantitative estimate of drug-likeness (QED) is 0.809. The summed E-state index contributed by atoms with van der Waals surface area (Å²) in [6.07, 6.45) is -1.02. The molecule has 2 atom stereocenters. The van der Waals surface area contributed by atoms with E-state index < -0.39 is 42.1 Å². The maximum absolute atomic E-state index is 15.2. The predicted molar refractivity (Wildman–Crippen MR) is 105 cm³/mol. The van der Waals surface area contributed by atoms with Crippen LogP contribution < -0.4 is 5.73 Å². The Morgan fingerprint density at radius 1 is 1.17 bits per heavy atom. The van der Waals surface area contributed by atoms with Gasteiger partial charge in [-0.25, -0.2) is 18.0 Å². The van der Waals surface area contributed by atoms with Gasteiger partial charge < -0.3 is 10.5 Å². The first-order chi connectivity index (χ1) is 13.5. The first-order valence-electron chi connectivity index (χ1n) is 9.45. The van der Waals surface area contributed by atoms with Crippen molar-refractivity contribution in [1.82, 2.24) is 4.90 Å². The summed E-state index contributed by atoms with van der Waals surface area (Å²) in [4.78, 5) is 13.4. The number of hydrogen-bond donors (Lipinski definition) is 1. The lowest BCUT2D eigenvalue weighted by molar-refractivity contribution is -0.00942. The van der Waals surface area contributed by atoms with Crippen molar-refractivity contribution >= 4 is 6.09 Å².